The summed E-state index contributed by atoms with van der Waals surface area (Å²) in [5.41, 5.74) is 1.70. The molecule has 0 N–H and O–H groups in total. The number of amidine groups is 1. The second kappa shape index (κ2) is 6.32. The van der Waals surface area contributed by atoms with E-state index in [0.717, 1.165) is 40.8 Å². The monoisotopic (exact) mass is 314 g/mol. The van der Waals surface area contributed by atoms with Crippen LogP contribution in [-0.4, -0.2) is 25.5 Å². The number of ether oxygens (including phenoxy) is 1. The summed E-state index contributed by atoms with van der Waals surface area (Å²) >= 11 is 1.53. The smallest absolute Gasteiger partial charge is 0.340 e. The van der Waals surface area contributed by atoms with Gasteiger partial charge >= 0.3 is 5.97 Å². The Morgan fingerprint density at radius 1 is 1.32 bits per heavy atom. The molecule has 0 amide bonds. The van der Waals surface area contributed by atoms with E-state index < -0.39 is 0 Å². The highest BCUT2D eigenvalue weighted by molar-refractivity contribution is 7.16. The van der Waals surface area contributed by atoms with Crippen molar-refractivity contribution >= 4 is 33.8 Å². The Morgan fingerprint density at radius 2 is 2.09 bits per heavy atom. The lowest BCUT2D eigenvalue weighted by Crippen LogP contribution is -2.23. The van der Waals surface area contributed by atoms with Gasteiger partial charge in [0.25, 0.3) is 0 Å². The SMILES string of the molecule is COC(=O)c1cc(C)sc1/N=C1\CCCN1c1ccccc1. The lowest BCUT2D eigenvalue weighted by molar-refractivity contribution is 0.0602. The van der Waals surface area contributed by atoms with Gasteiger partial charge in [0.05, 0.1) is 12.7 Å². The summed E-state index contributed by atoms with van der Waals surface area (Å²) in [6.45, 7) is 2.94. The number of nitrogens with zero attached hydrogens (tertiary/aromatic N) is 2. The Kier molecular flexibility index (Phi) is 4.24. The van der Waals surface area contributed by atoms with Gasteiger partial charge in [0.2, 0.25) is 0 Å². The number of carbonyl (C=O) groups excluding carboxylic acids is 1. The van der Waals surface area contributed by atoms with Crippen LogP contribution in [0.5, 0.6) is 0 Å². The molecule has 1 aromatic heterocycles. The van der Waals surface area contributed by atoms with Gasteiger partial charge in [0.15, 0.2) is 0 Å². The van der Waals surface area contributed by atoms with Crippen LogP contribution < -0.4 is 4.90 Å². The van der Waals surface area contributed by atoms with Crippen LogP contribution in [0.15, 0.2) is 41.4 Å². The fourth-order valence-corrected chi connectivity index (χ4v) is 3.50. The Hall–Kier alpha value is -2.14. The summed E-state index contributed by atoms with van der Waals surface area (Å²) in [5, 5.41) is 0.738. The van der Waals surface area contributed by atoms with Crippen molar-refractivity contribution in [3.8, 4) is 0 Å². The maximum Gasteiger partial charge on any atom is 0.340 e. The van der Waals surface area contributed by atoms with Crippen molar-refractivity contribution in [2.45, 2.75) is 19.8 Å². The molecule has 1 aromatic carbocycles. The molecule has 0 aliphatic carbocycles. The first-order valence-corrected chi connectivity index (χ1v) is 8.09. The van der Waals surface area contributed by atoms with Crippen molar-refractivity contribution in [2.24, 2.45) is 4.99 Å². The Labute approximate surface area is 134 Å². The number of carbonyl (C=O) groups is 1. The molecule has 1 aliphatic rings. The highest BCUT2D eigenvalue weighted by Gasteiger charge is 2.22. The van der Waals surface area contributed by atoms with Crippen LogP contribution in [0.4, 0.5) is 10.7 Å². The van der Waals surface area contributed by atoms with Crippen molar-refractivity contribution in [1.82, 2.24) is 0 Å². The molecule has 0 radical (unpaired) electrons. The average molecular weight is 314 g/mol. The molecule has 3 rings (SSSR count). The quantitative estimate of drug-likeness (QED) is 0.798. The van der Waals surface area contributed by atoms with E-state index in [1.807, 2.05) is 31.2 Å². The summed E-state index contributed by atoms with van der Waals surface area (Å²) in [4.78, 5) is 19.9. The van der Waals surface area contributed by atoms with E-state index in [4.69, 9.17) is 9.73 Å². The number of benzene rings is 1. The van der Waals surface area contributed by atoms with Crippen LogP contribution in [0.1, 0.15) is 28.1 Å². The topological polar surface area (TPSA) is 41.9 Å². The fourth-order valence-electron chi connectivity index (χ4n) is 2.62. The molecule has 2 aromatic rings. The zero-order valence-corrected chi connectivity index (χ0v) is 13.5. The van der Waals surface area contributed by atoms with E-state index in [-0.39, 0.29) is 5.97 Å². The first-order valence-electron chi connectivity index (χ1n) is 7.28. The van der Waals surface area contributed by atoms with Crippen molar-refractivity contribution in [2.75, 3.05) is 18.6 Å². The second-order valence-electron chi connectivity index (χ2n) is 5.19. The lowest BCUT2D eigenvalue weighted by atomic mass is 10.3. The molecule has 22 heavy (non-hydrogen) atoms. The van der Waals surface area contributed by atoms with Crippen LogP contribution in [0.3, 0.4) is 0 Å². The van der Waals surface area contributed by atoms with Gasteiger partial charge in [-0.3, -0.25) is 0 Å². The number of methoxy groups -OCH3 is 1. The molecule has 2 heterocycles. The van der Waals surface area contributed by atoms with E-state index in [9.17, 15) is 4.79 Å². The van der Waals surface area contributed by atoms with E-state index in [0.29, 0.717) is 5.56 Å². The molecule has 4 nitrogen and oxygen atoms in total. The van der Waals surface area contributed by atoms with Crippen LogP contribution in [0.25, 0.3) is 0 Å². The van der Waals surface area contributed by atoms with E-state index in [2.05, 4.69) is 17.0 Å². The number of esters is 1. The molecular formula is C17H18N2O2S. The third kappa shape index (κ3) is 2.90. The maximum atomic E-state index is 11.9. The van der Waals surface area contributed by atoms with Crippen molar-refractivity contribution < 1.29 is 9.53 Å². The number of anilines is 1. The van der Waals surface area contributed by atoms with Crippen LogP contribution in [0, 0.1) is 6.92 Å². The fraction of sp³-hybridized carbons (Fsp3) is 0.294. The van der Waals surface area contributed by atoms with Gasteiger partial charge in [-0.2, -0.15) is 0 Å². The van der Waals surface area contributed by atoms with Crippen molar-refractivity contribution in [3.63, 3.8) is 0 Å². The largest absolute Gasteiger partial charge is 0.465 e. The normalized spacial score (nSPS) is 16.3. The molecule has 0 bridgehead atoms. The van der Waals surface area contributed by atoms with Crippen LogP contribution in [-0.2, 0) is 4.74 Å². The number of hydrogen-bond donors (Lipinski definition) is 0. The van der Waals surface area contributed by atoms with Gasteiger partial charge < -0.3 is 9.64 Å². The highest BCUT2D eigenvalue weighted by atomic mass is 32.1. The number of aliphatic imine (C=N–C) groups is 1. The number of hydrogen-bond acceptors (Lipinski definition) is 4. The minimum Gasteiger partial charge on any atom is -0.465 e. The number of para-hydroxylation sites is 1. The standard InChI is InChI=1S/C17H18N2O2S/c1-12-11-14(17(20)21-2)16(22-12)18-15-9-6-10-19(15)13-7-4-3-5-8-13/h3-5,7-8,11H,6,9-10H2,1-2H3/b18-15+. The van der Waals surface area contributed by atoms with Gasteiger partial charge in [0, 0.05) is 23.5 Å². The molecule has 5 heteroatoms. The Morgan fingerprint density at radius 3 is 2.82 bits per heavy atom. The molecule has 1 aliphatic heterocycles. The van der Waals surface area contributed by atoms with Gasteiger partial charge in [-0.05, 0) is 31.5 Å². The Bertz CT molecular complexity index is 707. The molecule has 0 unspecified atom stereocenters. The van der Waals surface area contributed by atoms with E-state index >= 15 is 0 Å². The van der Waals surface area contributed by atoms with E-state index in [1.165, 1.54) is 18.4 Å². The third-order valence-electron chi connectivity index (χ3n) is 3.63. The summed E-state index contributed by atoms with van der Waals surface area (Å²) < 4.78 is 4.85. The predicted octanol–water partition coefficient (Wildman–Crippen LogP) is 4.17. The summed E-state index contributed by atoms with van der Waals surface area (Å²) in [7, 11) is 1.40. The third-order valence-corrected chi connectivity index (χ3v) is 4.58. The molecular weight excluding hydrogens is 296 g/mol. The average Bonchev–Trinajstić information content (AvgIpc) is 3.14. The number of rotatable bonds is 3. The number of thiophene rings is 1. The predicted molar refractivity (Wildman–Crippen MR) is 90.5 cm³/mol. The molecule has 0 atom stereocenters. The van der Waals surface area contributed by atoms with Crippen LogP contribution >= 0.6 is 11.3 Å². The Balaban J connectivity index is 1.96. The summed E-state index contributed by atoms with van der Waals surface area (Å²) in [5.74, 6) is 0.686. The molecule has 114 valence electrons. The summed E-state index contributed by atoms with van der Waals surface area (Å²) in [6.07, 6.45) is 2.00. The summed E-state index contributed by atoms with van der Waals surface area (Å²) in [6, 6.07) is 12.1. The first-order chi connectivity index (χ1) is 10.7. The maximum absolute atomic E-state index is 11.9. The van der Waals surface area contributed by atoms with Gasteiger partial charge in [-0.1, -0.05) is 18.2 Å². The minimum absolute atomic E-state index is 0.326. The number of aryl methyl sites for hydroxylation is 1. The lowest BCUT2D eigenvalue weighted by Gasteiger charge is -2.18. The van der Waals surface area contributed by atoms with Gasteiger partial charge in [0.1, 0.15) is 10.8 Å². The minimum atomic E-state index is -0.326. The second-order valence-corrected chi connectivity index (χ2v) is 6.42. The van der Waals surface area contributed by atoms with Crippen molar-refractivity contribution in [1.29, 1.82) is 0 Å². The molecule has 1 saturated heterocycles. The van der Waals surface area contributed by atoms with Crippen LogP contribution in [0.2, 0.25) is 0 Å². The molecule has 0 saturated carbocycles. The molecule has 0 spiro atoms. The van der Waals surface area contributed by atoms with Gasteiger partial charge in [-0.15, -0.1) is 11.3 Å². The highest BCUT2D eigenvalue weighted by Crippen LogP contribution is 2.33. The van der Waals surface area contributed by atoms with Gasteiger partial charge in [-0.25, -0.2) is 9.79 Å². The van der Waals surface area contributed by atoms with Crippen molar-refractivity contribution in [3.05, 3.63) is 46.8 Å². The van der Waals surface area contributed by atoms with E-state index in [1.54, 1.807) is 0 Å². The first kappa shape index (κ1) is 14.8. The zero-order chi connectivity index (χ0) is 15.5. The molecule has 1 fully saturated rings. The zero-order valence-electron chi connectivity index (χ0n) is 12.7.